The summed E-state index contributed by atoms with van der Waals surface area (Å²) in [6, 6.07) is 9.23. The molecule has 21 heavy (non-hydrogen) atoms. The van der Waals surface area contributed by atoms with E-state index in [1.54, 1.807) is 0 Å². The zero-order valence-electron chi connectivity index (χ0n) is 10.7. The summed E-state index contributed by atoms with van der Waals surface area (Å²) in [6.45, 7) is 0.304. The molecule has 1 aromatic carbocycles. The molecule has 2 heterocycles. The van der Waals surface area contributed by atoms with Crippen molar-refractivity contribution in [1.29, 1.82) is 0 Å². The number of halogens is 3. The number of benzene rings is 1. The largest absolute Gasteiger partial charge is 0.434 e. The van der Waals surface area contributed by atoms with Crippen molar-refractivity contribution in [2.75, 3.05) is 5.73 Å². The first kappa shape index (κ1) is 13.3. The summed E-state index contributed by atoms with van der Waals surface area (Å²) in [5.41, 5.74) is 5.28. The quantitative estimate of drug-likeness (QED) is 0.788. The minimum atomic E-state index is -4.60. The number of nitrogen functional groups attached to an aromatic ring is 1. The van der Waals surface area contributed by atoms with E-state index in [4.69, 9.17) is 5.73 Å². The zero-order valence-corrected chi connectivity index (χ0v) is 10.7. The number of alkyl halides is 3. The van der Waals surface area contributed by atoms with Gasteiger partial charge in [0.2, 0.25) is 5.95 Å². The van der Waals surface area contributed by atoms with Crippen LogP contribution in [0.3, 0.4) is 0 Å². The maximum atomic E-state index is 13.0. The molecule has 0 aliphatic heterocycles. The molecule has 3 aromatic rings. The van der Waals surface area contributed by atoms with Crippen LogP contribution in [0, 0.1) is 0 Å². The summed E-state index contributed by atoms with van der Waals surface area (Å²) in [7, 11) is 0. The molecule has 8 heteroatoms. The second-order valence-electron chi connectivity index (χ2n) is 4.45. The van der Waals surface area contributed by atoms with Crippen LogP contribution in [0.15, 0.2) is 36.5 Å². The molecule has 0 saturated carbocycles. The smallest absolute Gasteiger partial charge is 0.368 e. The molecule has 0 spiro atoms. The van der Waals surface area contributed by atoms with E-state index in [0.717, 1.165) is 11.8 Å². The lowest BCUT2D eigenvalue weighted by atomic mass is 10.2. The number of aromatic nitrogens is 4. The Hall–Kier alpha value is -2.64. The Labute approximate surface area is 117 Å². The van der Waals surface area contributed by atoms with Gasteiger partial charge in [0, 0.05) is 0 Å². The van der Waals surface area contributed by atoms with Gasteiger partial charge < -0.3 is 5.73 Å². The molecular weight excluding hydrogens is 283 g/mol. The van der Waals surface area contributed by atoms with E-state index in [2.05, 4.69) is 15.1 Å². The number of nitrogens with zero attached hydrogens (tertiary/aromatic N) is 4. The van der Waals surface area contributed by atoms with Crippen LogP contribution in [0.2, 0.25) is 0 Å². The van der Waals surface area contributed by atoms with Gasteiger partial charge in [0.05, 0.1) is 18.1 Å². The third kappa shape index (κ3) is 2.51. The molecule has 0 aliphatic rings. The standard InChI is InChI=1S/C13H10F3N5/c14-13(15,16)10-9-6-18-21(11(9)20-12(17)19-10)7-8-4-2-1-3-5-8/h1-6H,7H2,(H2,17,19,20). The van der Waals surface area contributed by atoms with Crippen molar-refractivity contribution in [3.8, 4) is 0 Å². The Bertz CT molecular complexity index is 780. The fraction of sp³-hybridized carbons (Fsp3) is 0.154. The summed E-state index contributed by atoms with van der Waals surface area (Å²) in [5.74, 6) is -0.426. The van der Waals surface area contributed by atoms with E-state index in [0.29, 0.717) is 6.54 Å². The van der Waals surface area contributed by atoms with Gasteiger partial charge in [-0.25, -0.2) is 9.67 Å². The van der Waals surface area contributed by atoms with Crippen LogP contribution >= 0.6 is 0 Å². The number of fused-ring (bicyclic) bond motifs is 1. The topological polar surface area (TPSA) is 69.6 Å². The Morgan fingerprint density at radius 3 is 2.48 bits per heavy atom. The van der Waals surface area contributed by atoms with Gasteiger partial charge in [-0.1, -0.05) is 30.3 Å². The molecule has 0 radical (unpaired) electrons. The van der Waals surface area contributed by atoms with Crippen molar-refractivity contribution in [1.82, 2.24) is 19.7 Å². The van der Waals surface area contributed by atoms with E-state index in [1.165, 1.54) is 4.68 Å². The van der Waals surface area contributed by atoms with Crippen LogP contribution in [0.25, 0.3) is 11.0 Å². The van der Waals surface area contributed by atoms with Crippen LogP contribution in [-0.2, 0) is 12.7 Å². The molecule has 0 bridgehead atoms. The monoisotopic (exact) mass is 293 g/mol. The summed E-state index contributed by atoms with van der Waals surface area (Å²) in [6.07, 6.45) is -3.49. The molecule has 0 aliphatic carbocycles. The summed E-state index contributed by atoms with van der Waals surface area (Å²) >= 11 is 0. The molecule has 0 amide bonds. The predicted octanol–water partition coefficient (Wildman–Crippen LogP) is 2.48. The van der Waals surface area contributed by atoms with Crippen molar-refractivity contribution < 1.29 is 13.2 Å². The second kappa shape index (κ2) is 4.72. The van der Waals surface area contributed by atoms with Gasteiger partial charge in [0.1, 0.15) is 0 Å². The molecule has 0 atom stereocenters. The molecule has 5 nitrogen and oxygen atoms in total. The zero-order chi connectivity index (χ0) is 15.0. The lowest BCUT2D eigenvalue weighted by molar-refractivity contribution is -0.139. The molecule has 0 saturated heterocycles. The predicted molar refractivity (Wildman–Crippen MR) is 70.3 cm³/mol. The fourth-order valence-corrected chi connectivity index (χ4v) is 2.06. The number of anilines is 1. The average molecular weight is 293 g/mol. The molecule has 0 unspecified atom stereocenters. The number of rotatable bonds is 2. The second-order valence-corrected chi connectivity index (χ2v) is 4.45. The highest BCUT2D eigenvalue weighted by Crippen LogP contribution is 2.33. The summed E-state index contributed by atoms with van der Waals surface area (Å²) in [5, 5.41) is 3.80. The average Bonchev–Trinajstić information content (AvgIpc) is 2.81. The molecule has 108 valence electrons. The molecule has 0 fully saturated rings. The Kier molecular flexibility index (Phi) is 3.00. The fourth-order valence-electron chi connectivity index (χ4n) is 2.06. The highest BCUT2D eigenvalue weighted by atomic mass is 19.4. The van der Waals surface area contributed by atoms with E-state index >= 15 is 0 Å². The van der Waals surface area contributed by atoms with Crippen molar-refractivity contribution in [2.45, 2.75) is 12.7 Å². The summed E-state index contributed by atoms with van der Waals surface area (Å²) in [4.78, 5) is 7.15. The molecular formula is C13H10F3N5. The van der Waals surface area contributed by atoms with Gasteiger partial charge in [-0.2, -0.15) is 23.3 Å². The Morgan fingerprint density at radius 1 is 1.10 bits per heavy atom. The van der Waals surface area contributed by atoms with E-state index < -0.39 is 17.8 Å². The van der Waals surface area contributed by atoms with Gasteiger partial charge in [0.15, 0.2) is 11.3 Å². The Balaban J connectivity index is 2.12. The van der Waals surface area contributed by atoms with Crippen LogP contribution < -0.4 is 5.73 Å². The highest BCUT2D eigenvalue weighted by molar-refractivity contribution is 5.78. The van der Waals surface area contributed by atoms with Crippen LogP contribution in [-0.4, -0.2) is 19.7 Å². The van der Waals surface area contributed by atoms with Crippen molar-refractivity contribution in [2.24, 2.45) is 0 Å². The summed E-state index contributed by atoms with van der Waals surface area (Å²) < 4.78 is 40.2. The normalized spacial score (nSPS) is 12.0. The van der Waals surface area contributed by atoms with Gasteiger partial charge in [0.25, 0.3) is 0 Å². The minimum absolute atomic E-state index is 0.0682. The lowest BCUT2D eigenvalue weighted by Crippen LogP contribution is -2.12. The Morgan fingerprint density at radius 2 is 1.81 bits per heavy atom. The van der Waals surface area contributed by atoms with E-state index in [9.17, 15) is 13.2 Å². The van der Waals surface area contributed by atoms with Crippen molar-refractivity contribution in [3.05, 3.63) is 47.8 Å². The molecule has 3 rings (SSSR count). The first-order valence-electron chi connectivity index (χ1n) is 6.05. The minimum Gasteiger partial charge on any atom is -0.368 e. The SMILES string of the molecule is Nc1nc(C(F)(F)F)c2cnn(Cc3ccccc3)c2n1. The van der Waals surface area contributed by atoms with E-state index in [1.807, 2.05) is 30.3 Å². The van der Waals surface area contributed by atoms with Crippen molar-refractivity contribution >= 4 is 17.0 Å². The van der Waals surface area contributed by atoms with Gasteiger partial charge >= 0.3 is 6.18 Å². The maximum Gasteiger partial charge on any atom is 0.434 e. The van der Waals surface area contributed by atoms with Crippen molar-refractivity contribution in [3.63, 3.8) is 0 Å². The maximum absolute atomic E-state index is 13.0. The van der Waals surface area contributed by atoms with Gasteiger partial charge in [-0.05, 0) is 5.56 Å². The van der Waals surface area contributed by atoms with Crippen LogP contribution in [0.4, 0.5) is 19.1 Å². The first-order chi connectivity index (χ1) is 9.95. The van der Waals surface area contributed by atoms with E-state index in [-0.39, 0.29) is 11.0 Å². The lowest BCUT2D eigenvalue weighted by Gasteiger charge is -2.08. The molecule has 2 aromatic heterocycles. The number of hydrogen-bond donors (Lipinski definition) is 1. The highest BCUT2D eigenvalue weighted by Gasteiger charge is 2.36. The van der Waals surface area contributed by atoms with Gasteiger partial charge in [-0.15, -0.1) is 0 Å². The third-order valence-electron chi connectivity index (χ3n) is 2.96. The van der Waals surface area contributed by atoms with Gasteiger partial charge in [-0.3, -0.25) is 0 Å². The number of hydrogen-bond acceptors (Lipinski definition) is 4. The van der Waals surface area contributed by atoms with Crippen LogP contribution in [0.5, 0.6) is 0 Å². The number of nitrogens with two attached hydrogens (primary N) is 1. The first-order valence-corrected chi connectivity index (χ1v) is 6.05. The van der Waals surface area contributed by atoms with Crippen LogP contribution in [0.1, 0.15) is 11.3 Å². The molecule has 2 N–H and O–H groups in total. The third-order valence-corrected chi connectivity index (χ3v) is 2.96.